The molecule has 3 aromatic carbocycles. The average molecular weight is 589 g/mol. The van der Waals surface area contributed by atoms with Gasteiger partial charge < -0.3 is 26.0 Å². The third kappa shape index (κ3) is 6.27. The van der Waals surface area contributed by atoms with E-state index in [0.717, 1.165) is 17.8 Å². The first-order chi connectivity index (χ1) is 18.3. The van der Waals surface area contributed by atoms with Crippen LogP contribution in [0, 0.1) is 0 Å². The summed E-state index contributed by atoms with van der Waals surface area (Å²) in [6, 6.07) is 16.2. The number of nitrogens with one attached hydrogen (secondary N) is 3. The van der Waals surface area contributed by atoms with Crippen molar-refractivity contribution in [1.29, 1.82) is 0 Å². The Morgan fingerprint density at radius 2 is 1.87 bits per heavy atom. The molecule has 39 heavy (non-hydrogen) atoms. The van der Waals surface area contributed by atoms with Gasteiger partial charge in [0.15, 0.2) is 5.96 Å². The van der Waals surface area contributed by atoms with Crippen LogP contribution in [0.3, 0.4) is 0 Å². The molecule has 12 heteroatoms. The second kappa shape index (κ2) is 11.9. The van der Waals surface area contributed by atoms with Gasteiger partial charge in [0, 0.05) is 35.6 Å². The maximum Gasteiger partial charge on any atom is 0.305 e. The Kier molecular flexibility index (Phi) is 8.64. The number of carboxylic acids is 1. The van der Waals surface area contributed by atoms with Crippen LogP contribution in [0.2, 0.25) is 10.0 Å². The zero-order valence-corrected chi connectivity index (χ0v) is 22.7. The molecule has 0 saturated heterocycles. The summed E-state index contributed by atoms with van der Waals surface area (Å²) in [5.74, 6) is -1.06. The van der Waals surface area contributed by atoms with Crippen molar-refractivity contribution in [2.75, 3.05) is 23.7 Å². The molecule has 0 aliphatic carbocycles. The van der Waals surface area contributed by atoms with Crippen molar-refractivity contribution in [1.82, 2.24) is 10.2 Å². The van der Waals surface area contributed by atoms with Gasteiger partial charge in [-0.2, -0.15) is 0 Å². The lowest BCUT2D eigenvalue weighted by Gasteiger charge is -2.27. The van der Waals surface area contributed by atoms with E-state index in [1.54, 1.807) is 54.6 Å². The SMILES string of the molecule is Cl.O=C(O)CC(c1ccc(Cl)c(Cl)c1)N1Cc2ccc(NC(=O)c3cccc(NC4=NCCN4)c3)cc2C1=O. The second-order valence-corrected chi connectivity index (χ2v) is 9.72. The zero-order valence-electron chi connectivity index (χ0n) is 20.4. The molecular weight excluding hydrogens is 565 g/mol. The van der Waals surface area contributed by atoms with Gasteiger partial charge in [0.05, 0.1) is 29.1 Å². The number of benzene rings is 3. The fourth-order valence-corrected chi connectivity index (χ4v) is 4.81. The van der Waals surface area contributed by atoms with Crippen LogP contribution in [0.1, 0.15) is 44.3 Å². The Bertz CT molecular complexity index is 1480. The number of hydrogen-bond acceptors (Lipinski definition) is 6. The van der Waals surface area contributed by atoms with Crippen LogP contribution in [-0.4, -0.2) is 46.8 Å². The molecule has 0 spiro atoms. The van der Waals surface area contributed by atoms with Gasteiger partial charge in [-0.25, -0.2) is 0 Å². The van der Waals surface area contributed by atoms with Crippen molar-refractivity contribution in [2.45, 2.75) is 19.0 Å². The van der Waals surface area contributed by atoms with E-state index in [-0.39, 0.29) is 42.2 Å². The maximum atomic E-state index is 13.4. The highest BCUT2D eigenvalue weighted by atomic mass is 35.5. The first kappa shape index (κ1) is 28.2. The minimum absolute atomic E-state index is 0. The van der Waals surface area contributed by atoms with Crippen LogP contribution in [0.15, 0.2) is 65.7 Å². The highest BCUT2D eigenvalue weighted by Gasteiger charge is 2.35. The molecule has 2 amide bonds. The van der Waals surface area contributed by atoms with Gasteiger partial charge in [0.2, 0.25) is 0 Å². The lowest BCUT2D eigenvalue weighted by atomic mass is 10.0. The molecule has 2 heterocycles. The smallest absolute Gasteiger partial charge is 0.305 e. The Morgan fingerprint density at radius 1 is 1.05 bits per heavy atom. The van der Waals surface area contributed by atoms with Gasteiger partial charge in [-0.3, -0.25) is 19.4 Å². The maximum absolute atomic E-state index is 13.4. The molecule has 202 valence electrons. The number of aliphatic carboxylic acids is 1. The number of nitrogens with zero attached hydrogens (tertiary/aromatic N) is 2. The Hall–Kier alpha value is -3.79. The monoisotopic (exact) mass is 587 g/mol. The molecule has 2 aliphatic rings. The minimum Gasteiger partial charge on any atom is -0.481 e. The van der Waals surface area contributed by atoms with Gasteiger partial charge in [-0.1, -0.05) is 41.4 Å². The van der Waals surface area contributed by atoms with Gasteiger partial charge in [0.25, 0.3) is 11.8 Å². The molecule has 4 N–H and O–H groups in total. The number of aliphatic imine (C=N–C) groups is 1. The van der Waals surface area contributed by atoms with Crippen molar-refractivity contribution in [3.63, 3.8) is 0 Å². The average Bonchev–Trinajstić information content (AvgIpc) is 3.52. The fraction of sp³-hybridized carbons (Fsp3) is 0.185. The van der Waals surface area contributed by atoms with Crippen molar-refractivity contribution in [3.05, 3.63) is 93.0 Å². The van der Waals surface area contributed by atoms with E-state index < -0.39 is 12.0 Å². The van der Waals surface area contributed by atoms with E-state index in [9.17, 15) is 19.5 Å². The van der Waals surface area contributed by atoms with Crippen molar-refractivity contribution < 1.29 is 19.5 Å². The number of rotatable bonds is 7. The first-order valence-electron chi connectivity index (χ1n) is 11.9. The predicted octanol–water partition coefficient (Wildman–Crippen LogP) is 5.21. The molecule has 3 aromatic rings. The van der Waals surface area contributed by atoms with Crippen molar-refractivity contribution >= 4 is 70.7 Å². The fourth-order valence-electron chi connectivity index (χ4n) is 4.51. The highest BCUT2D eigenvalue weighted by Crippen LogP contribution is 2.36. The summed E-state index contributed by atoms with van der Waals surface area (Å²) in [7, 11) is 0. The highest BCUT2D eigenvalue weighted by molar-refractivity contribution is 6.42. The zero-order chi connectivity index (χ0) is 26.8. The van der Waals surface area contributed by atoms with Gasteiger partial charge in [0.1, 0.15) is 0 Å². The van der Waals surface area contributed by atoms with Crippen LogP contribution in [0.4, 0.5) is 11.4 Å². The third-order valence-corrected chi connectivity index (χ3v) is 7.07. The van der Waals surface area contributed by atoms with E-state index >= 15 is 0 Å². The van der Waals surface area contributed by atoms with Crippen LogP contribution in [0.5, 0.6) is 0 Å². The first-order valence-corrected chi connectivity index (χ1v) is 12.6. The molecule has 0 radical (unpaired) electrons. The number of halogens is 3. The lowest BCUT2D eigenvalue weighted by Crippen LogP contribution is -2.31. The summed E-state index contributed by atoms with van der Waals surface area (Å²) in [5.41, 5.74) is 3.32. The number of fused-ring (bicyclic) bond motifs is 1. The molecule has 1 unspecified atom stereocenters. The number of anilines is 2. The van der Waals surface area contributed by atoms with E-state index in [1.165, 1.54) is 4.90 Å². The Morgan fingerprint density at radius 3 is 2.59 bits per heavy atom. The normalized spacial score (nSPS) is 14.6. The molecule has 1 atom stereocenters. The van der Waals surface area contributed by atoms with E-state index in [2.05, 4.69) is 20.9 Å². The molecule has 0 bridgehead atoms. The molecular formula is C27H24Cl3N5O4. The number of carboxylic acid groups (broad SMARTS) is 1. The lowest BCUT2D eigenvalue weighted by molar-refractivity contribution is -0.138. The number of guanidine groups is 1. The quantitative estimate of drug-likeness (QED) is 0.301. The summed E-state index contributed by atoms with van der Waals surface area (Å²) in [6.07, 6.45) is -0.298. The molecule has 0 aromatic heterocycles. The van der Waals surface area contributed by atoms with Gasteiger partial charge in [-0.05, 0) is 53.6 Å². The number of carbonyl (C=O) groups is 3. The molecule has 2 aliphatic heterocycles. The molecule has 0 fully saturated rings. The number of hydrogen-bond donors (Lipinski definition) is 4. The van der Waals surface area contributed by atoms with Crippen molar-refractivity contribution in [3.8, 4) is 0 Å². The summed E-state index contributed by atoms with van der Waals surface area (Å²) in [5, 5.41) is 19.2. The Labute approximate surface area is 240 Å². The molecule has 0 saturated carbocycles. The summed E-state index contributed by atoms with van der Waals surface area (Å²) in [6.45, 7) is 1.69. The molecule has 5 rings (SSSR count). The topological polar surface area (TPSA) is 123 Å². The van der Waals surface area contributed by atoms with E-state index in [0.29, 0.717) is 39.9 Å². The molecule has 9 nitrogen and oxygen atoms in total. The number of carbonyl (C=O) groups excluding carboxylic acids is 2. The predicted molar refractivity (Wildman–Crippen MR) is 153 cm³/mol. The second-order valence-electron chi connectivity index (χ2n) is 8.91. The standard InChI is InChI=1S/C27H23Cl2N5O4.ClH/c28-21-7-5-15(11-22(21)29)23(13-24(35)36)34-14-17-4-6-19(12-20(17)26(34)38)32-25(37)16-2-1-3-18(10-16)33-27-30-8-9-31-27;/h1-7,10-12,23H,8-9,13-14H2,(H,32,37)(H,35,36)(H2,30,31,33);1H. The third-order valence-electron chi connectivity index (χ3n) is 6.33. The van der Waals surface area contributed by atoms with E-state index in [1.807, 2.05) is 6.07 Å². The summed E-state index contributed by atoms with van der Waals surface area (Å²) >= 11 is 12.2. The van der Waals surface area contributed by atoms with Crippen LogP contribution < -0.4 is 16.0 Å². The largest absolute Gasteiger partial charge is 0.481 e. The van der Waals surface area contributed by atoms with Crippen molar-refractivity contribution in [2.24, 2.45) is 4.99 Å². The Balaban J connectivity index is 0.00000353. The van der Waals surface area contributed by atoms with Crippen LogP contribution in [0.25, 0.3) is 0 Å². The van der Waals surface area contributed by atoms with Crippen LogP contribution >= 0.6 is 35.6 Å². The van der Waals surface area contributed by atoms with Crippen LogP contribution in [-0.2, 0) is 11.3 Å². The minimum atomic E-state index is -1.05. The van der Waals surface area contributed by atoms with Gasteiger partial charge >= 0.3 is 5.97 Å². The number of amides is 2. The van der Waals surface area contributed by atoms with Gasteiger partial charge in [-0.15, -0.1) is 12.4 Å². The summed E-state index contributed by atoms with van der Waals surface area (Å²) < 4.78 is 0. The summed E-state index contributed by atoms with van der Waals surface area (Å²) in [4.78, 5) is 43.8. The van der Waals surface area contributed by atoms with E-state index in [4.69, 9.17) is 23.2 Å².